The van der Waals surface area contributed by atoms with Gasteiger partial charge in [0.1, 0.15) is 0 Å². The summed E-state index contributed by atoms with van der Waals surface area (Å²) < 4.78 is 0. The van der Waals surface area contributed by atoms with Crippen molar-refractivity contribution >= 4 is 11.4 Å². The number of para-hydroxylation sites is 1. The van der Waals surface area contributed by atoms with E-state index in [1.165, 1.54) is 22.5 Å². The summed E-state index contributed by atoms with van der Waals surface area (Å²) in [5, 5.41) is 3.50. The van der Waals surface area contributed by atoms with Crippen molar-refractivity contribution in [2.75, 3.05) is 11.9 Å². The first-order chi connectivity index (χ1) is 10.1. The minimum atomic E-state index is 0.493. The van der Waals surface area contributed by atoms with Crippen LogP contribution >= 0.6 is 0 Å². The lowest BCUT2D eigenvalue weighted by atomic mass is 10.1. The van der Waals surface area contributed by atoms with Crippen LogP contribution < -0.4 is 10.2 Å². The highest BCUT2D eigenvalue weighted by atomic mass is 15.1. The Labute approximate surface area is 128 Å². The predicted molar refractivity (Wildman–Crippen MR) is 92.3 cm³/mol. The molecule has 2 aromatic rings. The molecule has 0 aliphatic rings. The molecule has 2 aromatic carbocycles. The van der Waals surface area contributed by atoms with Gasteiger partial charge in [0, 0.05) is 31.0 Å². The van der Waals surface area contributed by atoms with E-state index in [0.29, 0.717) is 6.04 Å². The fourth-order valence-electron chi connectivity index (χ4n) is 2.40. The standard InChI is InChI=1S/C19H26N2/c1-5-16-10-12-18(13-11-16)21(4)19-9-7-6-8-17(19)14-20-15(2)3/h6-13,15,20H,5,14H2,1-4H3. The van der Waals surface area contributed by atoms with Crippen LogP contribution in [0.25, 0.3) is 0 Å². The topological polar surface area (TPSA) is 15.3 Å². The minimum Gasteiger partial charge on any atom is -0.344 e. The van der Waals surface area contributed by atoms with Crippen molar-refractivity contribution in [1.29, 1.82) is 0 Å². The maximum absolute atomic E-state index is 3.50. The van der Waals surface area contributed by atoms with Crippen molar-refractivity contribution in [1.82, 2.24) is 5.32 Å². The van der Waals surface area contributed by atoms with E-state index < -0.39 is 0 Å². The first-order valence-electron chi connectivity index (χ1n) is 7.75. The summed E-state index contributed by atoms with van der Waals surface area (Å²) in [4.78, 5) is 2.26. The van der Waals surface area contributed by atoms with Crippen LogP contribution in [-0.2, 0) is 13.0 Å². The summed E-state index contributed by atoms with van der Waals surface area (Å²) in [5.74, 6) is 0. The molecule has 2 rings (SSSR count). The van der Waals surface area contributed by atoms with Gasteiger partial charge in [-0.1, -0.05) is 51.1 Å². The molecule has 21 heavy (non-hydrogen) atoms. The van der Waals surface area contributed by atoms with Crippen molar-refractivity contribution in [2.24, 2.45) is 0 Å². The van der Waals surface area contributed by atoms with Gasteiger partial charge in [-0.2, -0.15) is 0 Å². The Morgan fingerprint density at radius 2 is 1.67 bits per heavy atom. The molecule has 0 bridgehead atoms. The third-order valence-electron chi connectivity index (χ3n) is 3.79. The molecule has 0 fully saturated rings. The van der Waals surface area contributed by atoms with Gasteiger partial charge in [-0.25, -0.2) is 0 Å². The highest BCUT2D eigenvalue weighted by Crippen LogP contribution is 2.27. The normalized spacial score (nSPS) is 10.9. The van der Waals surface area contributed by atoms with Crippen molar-refractivity contribution in [2.45, 2.75) is 39.8 Å². The van der Waals surface area contributed by atoms with Crippen molar-refractivity contribution in [3.63, 3.8) is 0 Å². The van der Waals surface area contributed by atoms with Gasteiger partial charge in [0.25, 0.3) is 0 Å². The van der Waals surface area contributed by atoms with Crippen LogP contribution in [0.4, 0.5) is 11.4 Å². The zero-order chi connectivity index (χ0) is 15.2. The largest absolute Gasteiger partial charge is 0.344 e. The third kappa shape index (κ3) is 4.08. The van der Waals surface area contributed by atoms with Gasteiger partial charge < -0.3 is 10.2 Å². The number of nitrogens with one attached hydrogen (secondary N) is 1. The molecule has 0 aromatic heterocycles. The van der Waals surface area contributed by atoms with Gasteiger partial charge >= 0.3 is 0 Å². The molecule has 0 saturated carbocycles. The van der Waals surface area contributed by atoms with Crippen LogP contribution in [-0.4, -0.2) is 13.1 Å². The monoisotopic (exact) mass is 282 g/mol. The van der Waals surface area contributed by atoms with Gasteiger partial charge in [-0.05, 0) is 35.7 Å². The third-order valence-corrected chi connectivity index (χ3v) is 3.79. The van der Waals surface area contributed by atoms with Gasteiger partial charge in [-0.3, -0.25) is 0 Å². The fourth-order valence-corrected chi connectivity index (χ4v) is 2.40. The summed E-state index contributed by atoms with van der Waals surface area (Å²) >= 11 is 0. The summed E-state index contributed by atoms with van der Waals surface area (Å²) in [7, 11) is 2.13. The first-order valence-corrected chi connectivity index (χ1v) is 7.75. The highest BCUT2D eigenvalue weighted by Gasteiger charge is 2.09. The fraction of sp³-hybridized carbons (Fsp3) is 0.368. The molecule has 0 spiro atoms. The van der Waals surface area contributed by atoms with Crippen molar-refractivity contribution < 1.29 is 0 Å². The Hall–Kier alpha value is -1.80. The molecular weight excluding hydrogens is 256 g/mol. The Kier molecular flexibility index (Phi) is 5.40. The Morgan fingerprint density at radius 1 is 1.00 bits per heavy atom. The summed E-state index contributed by atoms with van der Waals surface area (Å²) in [6.45, 7) is 7.43. The number of hydrogen-bond acceptors (Lipinski definition) is 2. The quantitative estimate of drug-likeness (QED) is 0.838. The molecule has 0 atom stereocenters. The lowest BCUT2D eigenvalue weighted by molar-refractivity contribution is 0.589. The minimum absolute atomic E-state index is 0.493. The van der Waals surface area contributed by atoms with Gasteiger partial charge in [0.2, 0.25) is 0 Å². The number of nitrogens with zero attached hydrogens (tertiary/aromatic N) is 1. The maximum Gasteiger partial charge on any atom is 0.0453 e. The second-order valence-corrected chi connectivity index (χ2v) is 5.74. The lowest BCUT2D eigenvalue weighted by Crippen LogP contribution is -2.23. The Bertz CT molecular complexity index is 558. The van der Waals surface area contributed by atoms with Crippen LogP contribution in [0.15, 0.2) is 48.5 Å². The molecule has 0 saturated heterocycles. The molecule has 1 N–H and O–H groups in total. The van der Waals surface area contributed by atoms with E-state index in [1.807, 2.05) is 0 Å². The molecule has 0 aliphatic heterocycles. The van der Waals surface area contributed by atoms with E-state index >= 15 is 0 Å². The summed E-state index contributed by atoms with van der Waals surface area (Å²) in [6, 6.07) is 17.9. The summed E-state index contributed by atoms with van der Waals surface area (Å²) in [6.07, 6.45) is 1.08. The molecule has 112 valence electrons. The summed E-state index contributed by atoms with van der Waals surface area (Å²) in [5.41, 5.74) is 5.19. The zero-order valence-electron chi connectivity index (χ0n) is 13.6. The van der Waals surface area contributed by atoms with Crippen molar-refractivity contribution in [3.8, 4) is 0 Å². The smallest absolute Gasteiger partial charge is 0.0453 e. The van der Waals surface area contributed by atoms with E-state index in [0.717, 1.165) is 13.0 Å². The number of benzene rings is 2. The van der Waals surface area contributed by atoms with Gasteiger partial charge in [0.15, 0.2) is 0 Å². The number of rotatable bonds is 6. The SMILES string of the molecule is CCc1ccc(N(C)c2ccccc2CNC(C)C)cc1. The van der Waals surface area contributed by atoms with E-state index in [9.17, 15) is 0 Å². The van der Waals surface area contributed by atoms with Crippen LogP contribution in [0.1, 0.15) is 31.9 Å². The number of hydrogen-bond donors (Lipinski definition) is 1. The maximum atomic E-state index is 3.50. The average molecular weight is 282 g/mol. The van der Waals surface area contributed by atoms with Crippen molar-refractivity contribution in [3.05, 3.63) is 59.7 Å². The Balaban J connectivity index is 2.23. The zero-order valence-corrected chi connectivity index (χ0v) is 13.6. The van der Waals surface area contributed by atoms with Gasteiger partial charge in [-0.15, -0.1) is 0 Å². The average Bonchev–Trinajstić information content (AvgIpc) is 2.52. The van der Waals surface area contributed by atoms with E-state index in [4.69, 9.17) is 0 Å². The number of aryl methyl sites for hydroxylation is 1. The molecule has 0 aliphatic carbocycles. The van der Waals surface area contributed by atoms with Crippen LogP contribution in [0.2, 0.25) is 0 Å². The lowest BCUT2D eigenvalue weighted by Gasteiger charge is -2.23. The molecule has 0 heterocycles. The molecule has 2 nitrogen and oxygen atoms in total. The van der Waals surface area contributed by atoms with Gasteiger partial charge in [0.05, 0.1) is 0 Å². The molecule has 0 amide bonds. The molecule has 2 heteroatoms. The van der Waals surface area contributed by atoms with Crippen LogP contribution in [0.5, 0.6) is 0 Å². The molecular formula is C19H26N2. The van der Waals surface area contributed by atoms with Crippen LogP contribution in [0, 0.1) is 0 Å². The molecule has 0 unspecified atom stereocenters. The highest BCUT2D eigenvalue weighted by molar-refractivity contribution is 5.65. The predicted octanol–water partition coefficient (Wildman–Crippen LogP) is 4.51. The van der Waals surface area contributed by atoms with Crippen LogP contribution in [0.3, 0.4) is 0 Å². The molecule has 0 radical (unpaired) electrons. The second-order valence-electron chi connectivity index (χ2n) is 5.74. The van der Waals surface area contributed by atoms with E-state index in [1.54, 1.807) is 0 Å². The second kappa shape index (κ2) is 7.28. The van der Waals surface area contributed by atoms with E-state index in [-0.39, 0.29) is 0 Å². The first kappa shape index (κ1) is 15.6. The van der Waals surface area contributed by atoms with E-state index in [2.05, 4.69) is 86.6 Å². The Morgan fingerprint density at radius 3 is 2.29 bits per heavy atom. The number of anilines is 2.